The number of benzene rings is 1. The van der Waals surface area contributed by atoms with Gasteiger partial charge in [-0.2, -0.15) is 0 Å². The molecule has 5 heteroatoms. The molecular weight excluding hydrogens is 302 g/mol. The second-order valence-electron chi connectivity index (χ2n) is 7.07. The van der Waals surface area contributed by atoms with Crippen LogP contribution in [-0.4, -0.2) is 47.9 Å². The van der Waals surface area contributed by atoms with Crippen molar-refractivity contribution >= 4 is 11.8 Å². The molecule has 1 unspecified atom stereocenters. The molecule has 1 heterocycles. The minimum absolute atomic E-state index is 0.0428. The molecule has 2 rings (SSSR count). The lowest BCUT2D eigenvalue weighted by molar-refractivity contribution is -0.134. The van der Waals surface area contributed by atoms with Gasteiger partial charge < -0.3 is 10.6 Å². The summed E-state index contributed by atoms with van der Waals surface area (Å²) >= 11 is 0. The second kappa shape index (κ2) is 8.29. The van der Waals surface area contributed by atoms with E-state index in [0.29, 0.717) is 6.54 Å². The van der Waals surface area contributed by atoms with E-state index in [-0.39, 0.29) is 29.8 Å². The second-order valence-corrected chi connectivity index (χ2v) is 7.07. The van der Waals surface area contributed by atoms with Crippen LogP contribution in [0.5, 0.6) is 0 Å². The summed E-state index contributed by atoms with van der Waals surface area (Å²) in [6.45, 7) is 8.25. The van der Waals surface area contributed by atoms with E-state index in [4.69, 9.17) is 0 Å². The Morgan fingerprint density at radius 2 is 2.04 bits per heavy atom. The molecule has 0 radical (unpaired) electrons. The van der Waals surface area contributed by atoms with Crippen LogP contribution in [0.4, 0.5) is 0 Å². The van der Waals surface area contributed by atoms with E-state index in [1.165, 1.54) is 5.56 Å². The molecular formula is C19H29N3O2. The van der Waals surface area contributed by atoms with Gasteiger partial charge in [-0.25, -0.2) is 0 Å². The molecule has 2 N–H and O–H groups in total. The first kappa shape index (κ1) is 18.5. The smallest absolute Gasteiger partial charge is 0.237 e. The first-order valence-corrected chi connectivity index (χ1v) is 8.78. The number of nitrogens with zero attached hydrogens (tertiary/aromatic N) is 1. The van der Waals surface area contributed by atoms with Crippen molar-refractivity contribution in [1.29, 1.82) is 0 Å². The lowest BCUT2D eigenvalue weighted by Crippen LogP contribution is -2.57. The molecule has 1 aliphatic rings. The van der Waals surface area contributed by atoms with Crippen molar-refractivity contribution in [3.8, 4) is 0 Å². The number of piperazine rings is 1. The SMILES string of the molecule is CCC(C)(C)NC(=O)CC1C(=O)NCCN1CCc1ccccc1. The van der Waals surface area contributed by atoms with E-state index >= 15 is 0 Å². The monoisotopic (exact) mass is 331 g/mol. The van der Waals surface area contributed by atoms with Gasteiger partial charge in [-0.15, -0.1) is 0 Å². The van der Waals surface area contributed by atoms with Crippen LogP contribution in [0.2, 0.25) is 0 Å². The van der Waals surface area contributed by atoms with Gasteiger partial charge in [0.2, 0.25) is 11.8 Å². The summed E-state index contributed by atoms with van der Waals surface area (Å²) in [6, 6.07) is 9.85. The molecule has 1 aromatic carbocycles. The quantitative estimate of drug-likeness (QED) is 0.800. The molecule has 0 bridgehead atoms. The number of carbonyl (C=O) groups is 2. The highest BCUT2D eigenvalue weighted by atomic mass is 16.2. The topological polar surface area (TPSA) is 61.4 Å². The maximum Gasteiger partial charge on any atom is 0.237 e. The molecule has 1 aromatic rings. The molecule has 0 aliphatic carbocycles. The minimum Gasteiger partial charge on any atom is -0.353 e. The molecule has 24 heavy (non-hydrogen) atoms. The Bertz CT molecular complexity index is 557. The average molecular weight is 331 g/mol. The van der Waals surface area contributed by atoms with E-state index in [9.17, 15) is 9.59 Å². The average Bonchev–Trinajstić information content (AvgIpc) is 2.56. The fraction of sp³-hybridized carbons (Fsp3) is 0.579. The number of carbonyl (C=O) groups excluding carboxylic acids is 2. The third-order valence-corrected chi connectivity index (χ3v) is 4.71. The summed E-state index contributed by atoms with van der Waals surface area (Å²) in [5, 5.41) is 5.90. The molecule has 5 nitrogen and oxygen atoms in total. The van der Waals surface area contributed by atoms with Crippen LogP contribution >= 0.6 is 0 Å². The van der Waals surface area contributed by atoms with Crippen LogP contribution in [0.15, 0.2) is 30.3 Å². The highest BCUT2D eigenvalue weighted by Gasteiger charge is 2.32. The molecule has 1 fully saturated rings. The van der Waals surface area contributed by atoms with E-state index < -0.39 is 0 Å². The Hall–Kier alpha value is -1.88. The van der Waals surface area contributed by atoms with Crippen molar-refractivity contribution < 1.29 is 9.59 Å². The van der Waals surface area contributed by atoms with Crippen LogP contribution in [0.3, 0.4) is 0 Å². The summed E-state index contributed by atoms with van der Waals surface area (Å²) in [5.74, 6) is -0.104. The molecule has 132 valence electrons. The summed E-state index contributed by atoms with van der Waals surface area (Å²) < 4.78 is 0. The lowest BCUT2D eigenvalue weighted by Gasteiger charge is -2.35. The van der Waals surface area contributed by atoms with Crippen molar-refractivity contribution in [2.24, 2.45) is 0 Å². The van der Waals surface area contributed by atoms with Crippen LogP contribution in [0, 0.1) is 0 Å². The Morgan fingerprint density at radius 1 is 1.33 bits per heavy atom. The molecule has 0 aromatic heterocycles. The maximum atomic E-state index is 12.3. The van der Waals surface area contributed by atoms with E-state index in [2.05, 4.69) is 27.7 Å². The van der Waals surface area contributed by atoms with Gasteiger partial charge in [0.15, 0.2) is 0 Å². The van der Waals surface area contributed by atoms with Crippen LogP contribution < -0.4 is 10.6 Å². The fourth-order valence-corrected chi connectivity index (χ4v) is 2.86. The fourth-order valence-electron chi connectivity index (χ4n) is 2.86. The van der Waals surface area contributed by atoms with Gasteiger partial charge in [-0.1, -0.05) is 37.3 Å². The van der Waals surface area contributed by atoms with Crippen LogP contribution in [0.25, 0.3) is 0 Å². The molecule has 1 aliphatic heterocycles. The highest BCUT2D eigenvalue weighted by molar-refractivity contribution is 5.89. The van der Waals surface area contributed by atoms with Gasteiger partial charge in [-0.05, 0) is 32.3 Å². The van der Waals surface area contributed by atoms with Crippen molar-refractivity contribution in [2.45, 2.75) is 51.6 Å². The normalized spacial score (nSPS) is 19.0. The third kappa shape index (κ3) is 5.34. The Balaban J connectivity index is 1.95. The van der Waals surface area contributed by atoms with Crippen LogP contribution in [0.1, 0.15) is 39.2 Å². The Kier molecular flexibility index (Phi) is 6.37. The van der Waals surface area contributed by atoms with Gasteiger partial charge in [0, 0.05) is 25.2 Å². The molecule has 0 spiro atoms. The minimum atomic E-state index is -0.380. The number of hydrogen-bond donors (Lipinski definition) is 2. The Labute approximate surface area is 144 Å². The lowest BCUT2D eigenvalue weighted by atomic mass is 10.0. The number of amides is 2. The molecule has 1 atom stereocenters. The summed E-state index contributed by atoms with van der Waals surface area (Å²) in [7, 11) is 0. The zero-order valence-corrected chi connectivity index (χ0v) is 15.0. The van der Waals surface area contributed by atoms with Crippen molar-refractivity contribution in [3.63, 3.8) is 0 Å². The molecule has 2 amide bonds. The van der Waals surface area contributed by atoms with Gasteiger partial charge in [0.25, 0.3) is 0 Å². The predicted molar refractivity (Wildman–Crippen MR) is 95.6 cm³/mol. The largest absolute Gasteiger partial charge is 0.353 e. The van der Waals surface area contributed by atoms with Crippen LogP contribution in [-0.2, 0) is 16.0 Å². The molecule has 1 saturated heterocycles. The van der Waals surface area contributed by atoms with Crippen molar-refractivity contribution in [3.05, 3.63) is 35.9 Å². The zero-order chi connectivity index (χ0) is 17.6. The van der Waals surface area contributed by atoms with Gasteiger partial charge >= 0.3 is 0 Å². The highest BCUT2D eigenvalue weighted by Crippen LogP contribution is 2.13. The van der Waals surface area contributed by atoms with Gasteiger partial charge in [-0.3, -0.25) is 14.5 Å². The molecule has 0 saturated carbocycles. The Morgan fingerprint density at radius 3 is 2.71 bits per heavy atom. The zero-order valence-electron chi connectivity index (χ0n) is 15.0. The van der Waals surface area contributed by atoms with Crippen molar-refractivity contribution in [1.82, 2.24) is 15.5 Å². The predicted octanol–water partition coefficient (Wildman–Crippen LogP) is 1.72. The van der Waals surface area contributed by atoms with E-state index in [0.717, 1.165) is 25.9 Å². The van der Waals surface area contributed by atoms with E-state index in [1.54, 1.807) is 0 Å². The third-order valence-electron chi connectivity index (χ3n) is 4.71. The summed E-state index contributed by atoms with van der Waals surface area (Å²) in [5.41, 5.74) is 1.01. The van der Waals surface area contributed by atoms with Gasteiger partial charge in [0.1, 0.15) is 0 Å². The van der Waals surface area contributed by atoms with E-state index in [1.807, 2.05) is 39.0 Å². The number of nitrogens with one attached hydrogen (secondary N) is 2. The maximum absolute atomic E-state index is 12.3. The number of hydrogen-bond acceptors (Lipinski definition) is 3. The van der Waals surface area contributed by atoms with Gasteiger partial charge in [0.05, 0.1) is 12.5 Å². The first-order chi connectivity index (χ1) is 11.4. The summed E-state index contributed by atoms with van der Waals surface area (Å²) in [6.07, 6.45) is 1.95. The standard InChI is InChI=1S/C19H29N3O2/c1-4-19(2,3)21-17(23)14-16-18(24)20-11-13-22(16)12-10-15-8-6-5-7-9-15/h5-9,16H,4,10-14H2,1-3H3,(H,20,24)(H,21,23). The first-order valence-electron chi connectivity index (χ1n) is 8.78. The number of rotatable bonds is 7. The van der Waals surface area contributed by atoms with Crippen molar-refractivity contribution in [2.75, 3.05) is 19.6 Å². The summed E-state index contributed by atoms with van der Waals surface area (Å²) in [4.78, 5) is 26.7.